The fourth-order valence-corrected chi connectivity index (χ4v) is 4.47. The first-order chi connectivity index (χ1) is 17.1. The van der Waals surface area contributed by atoms with E-state index in [9.17, 15) is 26.3 Å². The van der Waals surface area contributed by atoms with Crippen molar-refractivity contribution in [3.8, 4) is 28.0 Å². The monoisotopic (exact) mass is 508 g/mol. The molecule has 0 bridgehead atoms. The molecule has 36 heavy (non-hydrogen) atoms. The highest BCUT2D eigenvalue weighted by atomic mass is 19.3. The minimum Gasteiger partial charge on any atom is -0.491 e. The van der Waals surface area contributed by atoms with Crippen LogP contribution in [0.2, 0.25) is 0 Å². The molecule has 0 heterocycles. The Kier molecular flexibility index (Phi) is 7.64. The second kappa shape index (κ2) is 10.5. The number of ether oxygens (including phenoxy) is 2. The molecule has 0 aromatic heterocycles. The third-order valence-electron chi connectivity index (χ3n) is 6.53. The molecule has 0 radical (unpaired) electrons. The number of alkyl halides is 2. The number of benzene rings is 3. The van der Waals surface area contributed by atoms with Gasteiger partial charge in [-0.05, 0) is 67.9 Å². The average molecular weight is 509 g/mol. The Bertz CT molecular complexity index is 1220. The average Bonchev–Trinajstić information content (AvgIpc) is 2.85. The summed E-state index contributed by atoms with van der Waals surface area (Å²) in [6.07, 6.45) is -2.36. The SMILES string of the molecule is CCOc1ccc(-c2ccc(-c3ccc(C(F)(F)OC4CCC(C)CC4)c(F)c3F)cc2)c(F)c1F. The van der Waals surface area contributed by atoms with Crippen LogP contribution in [0, 0.1) is 29.2 Å². The number of halogens is 6. The van der Waals surface area contributed by atoms with Crippen LogP contribution in [0.15, 0.2) is 48.5 Å². The molecule has 3 aromatic rings. The smallest absolute Gasteiger partial charge is 0.386 e. The van der Waals surface area contributed by atoms with E-state index in [1.807, 2.05) is 6.92 Å². The van der Waals surface area contributed by atoms with Crippen molar-refractivity contribution in [1.82, 2.24) is 0 Å². The lowest BCUT2D eigenvalue weighted by atomic mass is 9.89. The molecule has 1 saturated carbocycles. The lowest BCUT2D eigenvalue weighted by molar-refractivity contribution is -0.279. The quantitative estimate of drug-likeness (QED) is 0.298. The van der Waals surface area contributed by atoms with Crippen molar-refractivity contribution in [2.75, 3.05) is 6.61 Å². The fourth-order valence-electron chi connectivity index (χ4n) is 4.47. The van der Waals surface area contributed by atoms with E-state index in [2.05, 4.69) is 0 Å². The van der Waals surface area contributed by atoms with Gasteiger partial charge in [-0.2, -0.15) is 13.2 Å². The van der Waals surface area contributed by atoms with E-state index in [0.717, 1.165) is 25.0 Å². The summed E-state index contributed by atoms with van der Waals surface area (Å²) in [5.74, 6) is -5.17. The highest BCUT2D eigenvalue weighted by Crippen LogP contribution is 2.39. The summed E-state index contributed by atoms with van der Waals surface area (Å²) < 4.78 is 97.7. The molecular formula is C28H26F6O2. The zero-order valence-electron chi connectivity index (χ0n) is 19.9. The maximum absolute atomic E-state index is 14.9. The Balaban J connectivity index is 1.57. The fraction of sp³-hybridized carbons (Fsp3) is 0.357. The summed E-state index contributed by atoms with van der Waals surface area (Å²) in [7, 11) is 0. The predicted octanol–water partition coefficient (Wildman–Crippen LogP) is 8.62. The molecule has 192 valence electrons. The molecule has 1 fully saturated rings. The molecule has 1 aliphatic carbocycles. The summed E-state index contributed by atoms with van der Waals surface area (Å²) in [4.78, 5) is 0. The zero-order valence-corrected chi connectivity index (χ0v) is 19.9. The largest absolute Gasteiger partial charge is 0.491 e. The summed E-state index contributed by atoms with van der Waals surface area (Å²) in [5.41, 5.74) is -0.982. The first-order valence-electron chi connectivity index (χ1n) is 11.9. The van der Waals surface area contributed by atoms with Crippen LogP contribution in [-0.2, 0) is 10.8 Å². The predicted molar refractivity (Wildman–Crippen MR) is 125 cm³/mol. The van der Waals surface area contributed by atoms with Crippen LogP contribution in [0.4, 0.5) is 26.3 Å². The lowest BCUT2D eigenvalue weighted by Crippen LogP contribution is -2.30. The first-order valence-corrected chi connectivity index (χ1v) is 11.9. The second-order valence-corrected chi connectivity index (χ2v) is 9.05. The summed E-state index contributed by atoms with van der Waals surface area (Å²) in [5, 5.41) is 0. The highest BCUT2D eigenvalue weighted by molar-refractivity contribution is 5.71. The van der Waals surface area contributed by atoms with Crippen molar-refractivity contribution in [3.05, 3.63) is 77.4 Å². The van der Waals surface area contributed by atoms with Gasteiger partial charge < -0.3 is 9.47 Å². The third-order valence-corrected chi connectivity index (χ3v) is 6.53. The maximum Gasteiger partial charge on any atom is 0.386 e. The Morgan fingerprint density at radius 1 is 0.722 bits per heavy atom. The molecule has 0 atom stereocenters. The third kappa shape index (κ3) is 5.24. The van der Waals surface area contributed by atoms with Gasteiger partial charge in [-0.25, -0.2) is 13.2 Å². The van der Waals surface area contributed by atoms with E-state index in [0.29, 0.717) is 18.8 Å². The van der Waals surface area contributed by atoms with Crippen molar-refractivity contribution in [3.63, 3.8) is 0 Å². The number of rotatable bonds is 7. The molecule has 0 spiro atoms. The van der Waals surface area contributed by atoms with Gasteiger partial charge >= 0.3 is 6.11 Å². The molecule has 1 aliphatic rings. The van der Waals surface area contributed by atoms with E-state index in [1.54, 1.807) is 6.92 Å². The maximum atomic E-state index is 14.9. The molecular weight excluding hydrogens is 482 g/mol. The van der Waals surface area contributed by atoms with Gasteiger partial charge in [0, 0.05) is 11.1 Å². The van der Waals surface area contributed by atoms with Crippen LogP contribution >= 0.6 is 0 Å². The Hall–Kier alpha value is -3.00. The topological polar surface area (TPSA) is 18.5 Å². The molecule has 4 rings (SSSR count). The normalized spacial score (nSPS) is 18.3. The molecule has 8 heteroatoms. The van der Waals surface area contributed by atoms with E-state index in [4.69, 9.17) is 9.47 Å². The van der Waals surface area contributed by atoms with Crippen molar-refractivity contribution in [1.29, 1.82) is 0 Å². The van der Waals surface area contributed by atoms with Crippen LogP contribution in [-0.4, -0.2) is 12.7 Å². The van der Waals surface area contributed by atoms with Gasteiger partial charge in [-0.3, -0.25) is 0 Å². The van der Waals surface area contributed by atoms with Crippen molar-refractivity contribution in [2.45, 2.75) is 51.7 Å². The lowest BCUT2D eigenvalue weighted by Gasteiger charge is -2.30. The summed E-state index contributed by atoms with van der Waals surface area (Å²) >= 11 is 0. The van der Waals surface area contributed by atoms with Crippen LogP contribution < -0.4 is 4.74 Å². The van der Waals surface area contributed by atoms with Gasteiger partial charge in [0.1, 0.15) is 0 Å². The molecule has 0 saturated heterocycles. The summed E-state index contributed by atoms with van der Waals surface area (Å²) in [6, 6.07) is 10.1. The Labute approximate surface area is 205 Å². The van der Waals surface area contributed by atoms with Crippen molar-refractivity contribution >= 4 is 0 Å². The van der Waals surface area contributed by atoms with Crippen molar-refractivity contribution < 1.29 is 35.8 Å². The molecule has 0 aliphatic heterocycles. The molecule has 3 aromatic carbocycles. The van der Waals surface area contributed by atoms with Crippen molar-refractivity contribution in [2.24, 2.45) is 5.92 Å². The Morgan fingerprint density at radius 3 is 1.81 bits per heavy atom. The van der Waals surface area contributed by atoms with Gasteiger partial charge in [0.25, 0.3) is 0 Å². The Morgan fingerprint density at radius 2 is 1.25 bits per heavy atom. The zero-order chi connectivity index (χ0) is 26.0. The van der Waals surface area contributed by atoms with Gasteiger partial charge in [0.2, 0.25) is 5.82 Å². The van der Waals surface area contributed by atoms with E-state index >= 15 is 0 Å². The summed E-state index contributed by atoms with van der Waals surface area (Å²) in [6.45, 7) is 3.84. The second-order valence-electron chi connectivity index (χ2n) is 9.05. The van der Waals surface area contributed by atoms with Crippen LogP contribution in [0.5, 0.6) is 5.75 Å². The standard InChI is InChI=1S/C28H26F6O2/c1-3-35-23-15-13-21(25(30)27(23)32)18-8-6-17(7-9-18)20-12-14-22(26(31)24(20)29)28(33,34)36-19-10-4-16(2)5-11-19/h6-9,12-16,19H,3-5,10-11H2,1-2H3. The minimum atomic E-state index is -3.98. The molecule has 0 unspecified atom stereocenters. The first kappa shape index (κ1) is 26.1. The molecule has 0 N–H and O–H groups in total. The van der Waals surface area contributed by atoms with Crippen LogP contribution in [0.25, 0.3) is 22.3 Å². The van der Waals surface area contributed by atoms with E-state index < -0.39 is 41.0 Å². The highest BCUT2D eigenvalue weighted by Gasteiger charge is 2.40. The van der Waals surface area contributed by atoms with Gasteiger partial charge in [-0.15, -0.1) is 0 Å². The van der Waals surface area contributed by atoms with Crippen LogP contribution in [0.3, 0.4) is 0 Å². The molecule has 2 nitrogen and oxygen atoms in total. The minimum absolute atomic E-state index is 0.0431. The van der Waals surface area contributed by atoms with Gasteiger partial charge in [0.15, 0.2) is 23.2 Å². The van der Waals surface area contributed by atoms with E-state index in [1.165, 1.54) is 36.4 Å². The van der Waals surface area contributed by atoms with E-state index in [-0.39, 0.29) is 34.6 Å². The van der Waals surface area contributed by atoms with Crippen LogP contribution in [0.1, 0.15) is 45.1 Å². The number of hydrogen-bond acceptors (Lipinski definition) is 2. The molecule has 0 amide bonds. The van der Waals surface area contributed by atoms with Gasteiger partial charge in [0.05, 0.1) is 18.3 Å². The van der Waals surface area contributed by atoms with Gasteiger partial charge in [-0.1, -0.05) is 37.3 Å². The number of hydrogen-bond donors (Lipinski definition) is 0.